The molecule has 3 aromatic rings. The molecule has 0 radical (unpaired) electrons. The second-order valence-corrected chi connectivity index (χ2v) is 8.15. The van der Waals surface area contributed by atoms with E-state index in [1.165, 1.54) is 17.4 Å². The highest BCUT2D eigenvalue weighted by Gasteiger charge is 2.11. The summed E-state index contributed by atoms with van der Waals surface area (Å²) < 4.78 is 11.0. The second-order valence-electron chi connectivity index (χ2n) is 6.51. The van der Waals surface area contributed by atoms with Crippen molar-refractivity contribution in [1.29, 1.82) is 0 Å². The van der Waals surface area contributed by atoms with Crippen molar-refractivity contribution in [3.05, 3.63) is 64.0 Å². The fraction of sp³-hybridized carbons (Fsp3) is 0.217. The van der Waals surface area contributed by atoms with E-state index in [1.807, 2.05) is 56.3 Å². The first-order chi connectivity index (χ1) is 14.5. The Balaban J connectivity index is 1.68. The lowest BCUT2D eigenvalue weighted by Gasteiger charge is -2.10. The number of aryl methyl sites for hydroxylation is 1. The minimum atomic E-state index is -0.253. The van der Waals surface area contributed by atoms with Gasteiger partial charge in [-0.25, -0.2) is 4.98 Å². The molecule has 0 unspecified atom stereocenters. The molecule has 0 saturated carbocycles. The zero-order valence-corrected chi connectivity index (χ0v) is 18.6. The summed E-state index contributed by atoms with van der Waals surface area (Å²) in [5.74, 6) is 1.07. The first-order valence-electron chi connectivity index (χ1n) is 9.53. The number of carbonyl (C=O) groups is 1. The van der Waals surface area contributed by atoms with Crippen LogP contribution in [0.4, 0.5) is 5.13 Å². The summed E-state index contributed by atoms with van der Waals surface area (Å²) in [5, 5.41) is 4.04. The van der Waals surface area contributed by atoms with Gasteiger partial charge in [-0.3, -0.25) is 10.1 Å². The number of carbonyl (C=O) groups excluding carboxylic acids is 1. The topological polar surface area (TPSA) is 60.5 Å². The van der Waals surface area contributed by atoms with Gasteiger partial charge in [0, 0.05) is 21.5 Å². The van der Waals surface area contributed by atoms with E-state index < -0.39 is 0 Å². The van der Waals surface area contributed by atoms with Crippen LogP contribution in [0.15, 0.2) is 48.5 Å². The number of amides is 1. The third-order valence-corrected chi connectivity index (χ3v) is 5.36. The van der Waals surface area contributed by atoms with Gasteiger partial charge in [0.1, 0.15) is 0 Å². The summed E-state index contributed by atoms with van der Waals surface area (Å²) in [5.41, 5.74) is 2.63. The normalized spacial score (nSPS) is 10.9. The van der Waals surface area contributed by atoms with Crippen molar-refractivity contribution >= 4 is 40.1 Å². The van der Waals surface area contributed by atoms with Gasteiger partial charge in [0.15, 0.2) is 16.6 Å². The third-order valence-electron chi connectivity index (χ3n) is 4.22. The Morgan fingerprint density at radius 1 is 1.20 bits per heavy atom. The number of hydrogen-bond donors (Lipinski definition) is 1. The fourth-order valence-electron chi connectivity index (χ4n) is 2.76. The van der Waals surface area contributed by atoms with Crippen molar-refractivity contribution in [3.8, 4) is 22.8 Å². The highest BCUT2D eigenvalue weighted by Crippen LogP contribution is 2.31. The molecule has 0 atom stereocenters. The van der Waals surface area contributed by atoms with Crippen molar-refractivity contribution < 1.29 is 14.3 Å². The largest absolute Gasteiger partial charge is 0.493 e. The molecule has 0 aliphatic carbocycles. The lowest BCUT2D eigenvalue weighted by Crippen LogP contribution is -2.07. The van der Waals surface area contributed by atoms with Crippen LogP contribution in [0.5, 0.6) is 11.5 Å². The molecular formula is C23H23ClN2O3S. The maximum Gasteiger partial charge on any atom is 0.250 e. The quantitative estimate of drug-likeness (QED) is 0.420. The van der Waals surface area contributed by atoms with Crippen LogP contribution >= 0.6 is 22.9 Å². The minimum absolute atomic E-state index is 0.253. The molecule has 30 heavy (non-hydrogen) atoms. The smallest absolute Gasteiger partial charge is 0.250 e. The van der Waals surface area contributed by atoms with Crippen LogP contribution in [0.25, 0.3) is 17.3 Å². The van der Waals surface area contributed by atoms with Crippen molar-refractivity contribution in [2.75, 3.05) is 19.0 Å². The summed E-state index contributed by atoms with van der Waals surface area (Å²) in [6, 6.07) is 13.0. The van der Waals surface area contributed by atoms with Crippen molar-refractivity contribution in [2.45, 2.75) is 20.3 Å². The molecule has 1 heterocycles. The van der Waals surface area contributed by atoms with E-state index in [2.05, 4.69) is 10.3 Å². The molecule has 156 valence electrons. The number of halogens is 1. The lowest BCUT2D eigenvalue weighted by molar-refractivity contribution is -0.111. The predicted octanol–water partition coefficient (Wildman–Crippen LogP) is 6.22. The molecule has 1 N–H and O–H groups in total. The van der Waals surface area contributed by atoms with Crippen LogP contribution in [0, 0.1) is 6.92 Å². The van der Waals surface area contributed by atoms with Crippen LogP contribution < -0.4 is 14.8 Å². The molecule has 0 fully saturated rings. The van der Waals surface area contributed by atoms with Gasteiger partial charge >= 0.3 is 0 Å². The van der Waals surface area contributed by atoms with E-state index in [4.69, 9.17) is 21.1 Å². The van der Waals surface area contributed by atoms with E-state index in [9.17, 15) is 4.79 Å². The van der Waals surface area contributed by atoms with Gasteiger partial charge in [-0.05, 0) is 49.2 Å². The van der Waals surface area contributed by atoms with Crippen molar-refractivity contribution in [2.24, 2.45) is 0 Å². The van der Waals surface area contributed by atoms with Crippen LogP contribution in [0.1, 0.15) is 23.8 Å². The van der Waals surface area contributed by atoms with Gasteiger partial charge < -0.3 is 9.47 Å². The number of anilines is 1. The molecule has 7 heteroatoms. The number of rotatable bonds is 8. The summed E-state index contributed by atoms with van der Waals surface area (Å²) in [6.07, 6.45) is 4.11. The molecule has 0 bridgehead atoms. The first kappa shape index (κ1) is 21.9. The Morgan fingerprint density at radius 2 is 1.97 bits per heavy atom. The van der Waals surface area contributed by atoms with Gasteiger partial charge in [-0.15, -0.1) is 11.3 Å². The van der Waals surface area contributed by atoms with Gasteiger partial charge in [0.25, 0.3) is 0 Å². The molecule has 1 aromatic heterocycles. The molecule has 0 aliphatic heterocycles. The number of nitrogens with one attached hydrogen (secondary N) is 1. The molecular weight excluding hydrogens is 420 g/mol. The number of nitrogens with zero attached hydrogens (tertiary/aromatic N) is 1. The Morgan fingerprint density at radius 3 is 2.67 bits per heavy atom. The highest BCUT2D eigenvalue weighted by atomic mass is 35.5. The van der Waals surface area contributed by atoms with Gasteiger partial charge in [0.2, 0.25) is 5.91 Å². The molecule has 0 spiro atoms. The van der Waals surface area contributed by atoms with E-state index >= 15 is 0 Å². The van der Waals surface area contributed by atoms with Crippen molar-refractivity contribution in [3.63, 3.8) is 0 Å². The fourth-order valence-corrected chi connectivity index (χ4v) is 3.73. The third kappa shape index (κ3) is 5.62. The highest BCUT2D eigenvalue weighted by molar-refractivity contribution is 7.16. The monoisotopic (exact) mass is 442 g/mol. The molecule has 2 aromatic carbocycles. The van der Waals surface area contributed by atoms with Crippen LogP contribution in [0.3, 0.4) is 0 Å². The SMILES string of the molecule is CCCOc1ccc(C=CC(=O)Nc2nc(-c3ccc(Cl)cc3)c(C)s2)cc1OC. The van der Waals surface area contributed by atoms with Gasteiger partial charge in [0.05, 0.1) is 19.4 Å². The van der Waals surface area contributed by atoms with Crippen molar-refractivity contribution in [1.82, 2.24) is 4.98 Å². The molecule has 0 aliphatic rings. The number of aromatic nitrogens is 1. The number of thiazole rings is 1. The van der Waals surface area contributed by atoms with Gasteiger partial charge in [-0.2, -0.15) is 0 Å². The van der Waals surface area contributed by atoms with Crippen LogP contribution in [-0.4, -0.2) is 24.6 Å². The van der Waals surface area contributed by atoms with Crippen LogP contribution in [-0.2, 0) is 4.79 Å². The number of methoxy groups -OCH3 is 1. The summed E-state index contributed by atoms with van der Waals surface area (Å²) >= 11 is 7.38. The zero-order valence-electron chi connectivity index (χ0n) is 17.1. The summed E-state index contributed by atoms with van der Waals surface area (Å²) in [4.78, 5) is 17.9. The average Bonchev–Trinajstić information content (AvgIpc) is 3.11. The van der Waals surface area contributed by atoms with Crippen LogP contribution in [0.2, 0.25) is 5.02 Å². The van der Waals surface area contributed by atoms with E-state index in [0.29, 0.717) is 28.3 Å². The van der Waals surface area contributed by atoms with E-state index in [1.54, 1.807) is 13.2 Å². The van der Waals surface area contributed by atoms with Gasteiger partial charge in [-0.1, -0.05) is 36.7 Å². The summed E-state index contributed by atoms with van der Waals surface area (Å²) in [6.45, 7) is 4.64. The minimum Gasteiger partial charge on any atom is -0.493 e. The molecule has 1 amide bonds. The molecule has 5 nitrogen and oxygen atoms in total. The summed E-state index contributed by atoms with van der Waals surface area (Å²) in [7, 11) is 1.59. The lowest BCUT2D eigenvalue weighted by atomic mass is 10.1. The maximum atomic E-state index is 12.3. The standard InChI is InChI=1S/C23H23ClN2O3S/c1-4-13-29-19-11-5-16(14-20(19)28-3)6-12-21(27)25-23-26-22(15(2)30-23)17-7-9-18(24)10-8-17/h5-12,14H,4,13H2,1-3H3,(H,25,26,27). The Hall–Kier alpha value is -2.83. The maximum absolute atomic E-state index is 12.3. The predicted molar refractivity (Wildman–Crippen MR) is 124 cm³/mol. The van der Waals surface area contributed by atoms with E-state index in [-0.39, 0.29) is 5.91 Å². The van der Waals surface area contributed by atoms with E-state index in [0.717, 1.165) is 28.1 Å². The number of ether oxygens (including phenoxy) is 2. The molecule has 0 saturated heterocycles. The zero-order chi connectivity index (χ0) is 21.5. The Bertz CT molecular complexity index is 1050. The Kier molecular flexibility index (Phi) is 7.49. The Labute approximate surface area is 185 Å². The second kappa shape index (κ2) is 10.3. The number of benzene rings is 2. The first-order valence-corrected chi connectivity index (χ1v) is 10.7. The number of hydrogen-bond acceptors (Lipinski definition) is 5. The molecule has 3 rings (SSSR count). The average molecular weight is 443 g/mol.